The number of urea groups is 1. The molecule has 0 N–H and O–H groups in total. The Hall–Kier alpha value is -2.83. The Labute approximate surface area is 178 Å². The summed E-state index contributed by atoms with van der Waals surface area (Å²) in [6, 6.07) is 5.47. The molecule has 2 unspecified atom stereocenters. The first-order valence-corrected chi connectivity index (χ1v) is 10.8. The second-order valence-corrected chi connectivity index (χ2v) is 8.47. The van der Waals surface area contributed by atoms with Gasteiger partial charge in [0.05, 0.1) is 5.69 Å². The number of aliphatic imine (C=N–C) groups is 1. The van der Waals surface area contributed by atoms with Crippen LogP contribution in [0.5, 0.6) is 0 Å². The number of carbonyl (C=O) groups excluding carboxylic acids is 2. The van der Waals surface area contributed by atoms with Gasteiger partial charge in [0, 0.05) is 25.0 Å². The summed E-state index contributed by atoms with van der Waals surface area (Å²) in [6.07, 6.45) is 2.37. The van der Waals surface area contributed by atoms with Crippen molar-refractivity contribution in [3.8, 4) is 0 Å². The largest absolute Gasteiger partial charge is 0.328 e. The Morgan fingerprint density at radius 3 is 2.47 bits per heavy atom. The normalized spacial score (nSPS) is 23.5. The minimum atomic E-state index is -0.505. The van der Waals surface area contributed by atoms with Crippen LogP contribution in [0, 0.1) is 13.8 Å². The van der Waals surface area contributed by atoms with E-state index in [4.69, 9.17) is 4.99 Å². The molecule has 0 aliphatic carbocycles. The summed E-state index contributed by atoms with van der Waals surface area (Å²) in [6.45, 7) is 10.9. The summed E-state index contributed by atoms with van der Waals surface area (Å²) in [5, 5.41) is 0. The van der Waals surface area contributed by atoms with E-state index in [2.05, 4.69) is 44.7 Å². The highest BCUT2D eigenvalue weighted by atomic mass is 16.2. The Balaban J connectivity index is 1.73. The molecule has 160 valence electrons. The highest BCUT2D eigenvalue weighted by Crippen LogP contribution is 2.41. The maximum Gasteiger partial charge on any atom is 0.328 e. The minimum Gasteiger partial charge on any atom is -0.302 e. The number of carbonyl (C=O) groups is 2. The monoisotopic (exact) mass is 409 g/mol. The molecule has 1 fully saturated rings. The minimum absolute atomic E-state index is 0.145. The fraction of sp³-hybridized carbons (Fsp3) is 0.522. The summed E-state index contributed by atoms with van der Waals surface area (Å²) in [5.41, 5.74) is 5.52. The number of fused-ring (bicyclic) bond motifs is 3. The van der Waals surface area contributed by atoms with Gasteiger partial charge in [0.15, 0.2) is 12.2 Å². The molecule has 0 spiro atoms. The third-order valence-corrected chi connectivity index (χ3v) is 6.69. The number of amides is 3. The number of nitrogens with zero attached hydrogens (tertiary/aromatic N) is 5. The molecule has 7 nitrogen and oxygen atoms in total. The van der Waals surface area contributed by atoms with E-state index in [1.54, 1.807) is 11.9 Å². The molecule has 3 aliphatic rings. The quantitative estimate of drug-likeness (QED) is 0.694. The van der Waals surface area contributed by atoms with Crippen molar-refractivity contribution in [2.45, 2.75) is 66.1 Å². The van der Waals surface area contributed by atoms with Crippen LogP contribution in [-0.2, 0) is 4.79 Å². The second kappa shape index (κ2) is 7.45. The van der Waals surface area contributed by atoms with Crippen molar-refractivity contribution < 1.29 is 9.59 Å². The molecule has 2 atom stereocenters. The van der Waals surface area contributed by atoms with Crippen molar-refractivity contribution in [3.05, 3.63) is 40.7 Å². The molecule has 4 rings (SSSR count). The lowest BCUT2D eigenvalue weighted by Crippen LogP contribution is -2.64. The van der Waals surface area contributed by atoms with Gasteiger partial charge in [0.2, 0.25) is 5.96 Å². The molecule has 3 amide bonds. The number of allylic oxidation sites excluding steroid dienone is 2. The van der Waals surface area contributed by atoms with Crippen LogP contribution in [0.1, 0.15) is 51.2 Å². The van der Waals surface area contributed by atoms with Gasteiger partial charge in [-0.15, -0.1) is 0 Å². The molecule has 7 heteroatoms. The number of benzene rings is 1. The summed E-state index contributed by atoms with van der Waals surface area (Å²) in [7, 11) is 1.75. The molecule has 3 aliphatic heterocycles. The number of hydrogen-bond donors (Lipinski definition) is 0. The fourth-order valence-corrected chi connectivity index (χ4v) is 4.60. The Bertz CT molecular complexity index is 966. The Morgan fingerprint density at radius 1 is 1.03 bits per heavy atom. The summed E-state index contributed by atoms with van der Waals surface area (Å²) < 4.78 is 0. The smallest absolute Gasteiger partial charge is 0.302 e. The highest BCUT2D eigenvalue weighted by Gasteiger charge is 2.55. The molecule has 1 aromatic carbocycles. The summed E-state index contributed by atoms with van der Waals surface area (Å²) >= 11 is 0. The lowest BCUT2D eigenvalue weighted by atomic mass is 10.1. The molecule has 30 heavy (non-hydrogen) atoms. The van der Waals surface area contributed by atoms with Crippen LogP contribution in [-0.4, -0.2) is 58.4 Å². The van der Waals surface area contributed by atoms with Crippen molar-refractivity contribution in [2.24, 2.45) is 4.99 Å². The Kier molecular flexibility index (Phi) is 5.08. The van der Waals surface area contributed by atoms with Crippen LogP contribution in [0.4, 0.5) is 10.5 Å². The molecule has 0 saturated carbocycles. The molecule has 0 bridgehead atoms. The molecule has 1 aromatic rings. The zero-order valence-corrected chi connectivity index (χ0v) is 18.8. The van der Waals surface area contributed by atoms with Crippen LogP contribution >= 0.6 is 0 Å². The van der Waals surface area contributed by atoms with E-state index in [1.165, 1.54) is 16.0 Å². The van der Waals surface area contributed by atoms with Crippen molar-refractivity contribution in [2.75, 3.05) is 18.5 Å². The van der Waals surface area contributed by atoms with E-state index < -0.39 is 12.2 Å². The van der Waals surface area contributed by atoms with Crippen molar-refractivity contribution >= 4 is 23.6 Å². The summed E-state index contributed by atoms with van der Waals surface area (Å²) in [5.74, 6) is 0.588. The van der Waals surface area contributed by atoms with E-state index in [0.29, 0.717) is 6.54 Å². The zero-order chi connectivity index (χ0) is 21.7. The van der Waals surface area contributed by atoms with Gasteiger partial charge in [0.25, 0.3) is 5.91 Å². The van der Waals surface area contributed by atoms with E-state index in [0.717, 1.165) is 42.3 Å². The molecule has 0 radical (unpaired) electrons. The number of anilines is 1. The Morgan fingerprint density at radius 2 is 1.77 bits per heavy atom. The molecule has 0 aromatic heterocycles. The van der Waals surface area contributed by atoms with Crippen LogP contribution in [0.3, 0.4) is 0 Å². The van der Waals surface area contributed by atoms with E-state index in [-0.39, 0.29) is 11.9 Å². The third kappa shape index (κ3) is 2.82. The lowest BCUT2D eigenvalue weighted by Gasteiger charge is -2.40. The topological polar surface area (TPSA) is 59.5 Å². The van der Waals surface area contributed by atoms with Crippen molar-refractivity contribution in [1.29, 1.82) is 0 Å². The van der Waals surface area contributed by atoms with Crippen molar-refractivity contribution in [1.82, 2.24) is 14.7 Å². The van der Waals surface area contributed by atoms with Gasteiger partial charge >= 0.3 is 6.03 Å². The van der Waals surface area contributed by atoms with Crippen LogP contribution in [0.25, 0.3) is 0 Å². The second-order valence-electron chi connectivity index (χ2n) is 8.47. The number of imide groups is 1. The van der Waals surface area contributed by atoms with Gasteiger partial charge in [-0.2, -0.15) is 0 Å². The number of guanidine groups is 1. The van der Waals surface area contributed by atoms with Crippen molar-refractivity contribution in [3.63, 3.8) is 0 Å². The van der Waals surface area contributed by atoms with Crippen LogP contribution < -0.4 is 4.90 Å². The predicted molar refractivity (Wildman–Crippen MR) is 118 cm³/mol. The SMILES string of the molecule is CCCCCN1C(=O)C2C(N=C3N(c4cccc(C)c4C)C(C)=C(C)N32)N(C)C1=O. The average Bonchev–Trinajstić information content (AvgIpc) is 3.21. The summed E-state index contributed by atoms with van der Waals surface area (Å²) in [4.78, 5) is 38.4. The number of likely N-dealkylation sites (N-methyl/N-ethyl adjacent to an activating group) is 1. The van der Waals surface area contributed by atoms with E-state index >= 15 is 0 Å². The van der Waals surface area contributed by atoms with Gasteiger partial charge in [-0.3, -0.25) is 19.5 Å². The van der Waals surface area contributed by atoms with Gasteiger partial charge in [-0.1, -0.05) is 31.9 Å². The van der Waals surface area contributed by atoms with Gasteiger partial charge < -0.3 is 4.90 Å². The first-order chi connectivity index (χ1) is 14.3. The zero-order valence-electron chi connectivity index (χ0n) is 18.8. The standard InChI is InChI=1S/C23H31N5O2/c1-7-8-9-13-26-21(29)19-20(25(6)23(26)30)24-22-27(16(4)17(5)28(19)22)18-12-10-11-14(2)15(18)3/h10-12,19-20H,7-9,13H2,1-6H3. The van der Waals surface area contributed by atoms with E-state index in [1.807, 2.05) is 17.9 Å². The highest BCUT2D eigenvalue weighted by molar-refractivity contribution is 6.10. The number of aryl methyl sites for hydroxylation is 1. The lowest BCUT2D eigenvalue weighted by molar-refractivity contribution is -0.136. The van der Waals surface area contributed by atoms with E-state index in [9.17, 15) is 9.59 Å². The first-order valence-electron chi connectivity index (χ1n) is 10.8. The van der Waals surface area contributed by atoms with Crippen LogP contribution in [0.15, 0.2) is 34.6 Å². The van der Waals surface area contributed by atoms with Crippen LogP contribution in [0.2, 0.25) is 0 Å². The number of hydrogen-bond acceptors (Lipinski definition) is 5. The maximum atomic E-state index is 13.4. The number of unbranched alkanes of at least 4 members (excludes halogenated alkanes) is 2. The fourth-order valence-electron chi connectivity index (χ4n) is 4.60. The maximum absolute atomic E-state index is 13.4. The average molecular weight is 410 g/mol. The molecular weight excluding hydrogens is 378 g/mol. The van der Waals surface area contributed by atoms with Gasteiger partial charge in [-0.25, -0.2) is 9.79 Å². The number of rotatable bonds is 5. The van der Waals surface area contributed by atoms with Gasteiger partial charge in [0.1, 0.15) is 0 Å². The predicted octanol–water partition coefficient (Wildman–Crippen LogP) is 3.83. The first kappa shape index (κ1) is 20.4. The van der Waals surface area contributed by atoms with Gasteiger partial charge in [-0.05, 0) is 51.3 Å². The third-order valence-electron chi connectivity index (χ3n) is 6.69. The molecule has 3 heterocycles. The molecular formula is C23H31N5O2. The molecule has 1 saturated heterocycles.